The van der Waals surface area contributed by atoms with Gasteiger partial charge in [0.15, 0.2) is 6.61 Å². The summed E-state index contributed by atoms with van der Waals surface area (Å²) in [5.74, 6) is 0.232. The normalized spacial score (nSPS) is 13.6. The first-order valence-electron chi connectivity index (χ1n) is 15.8. The van der Waals surface area contributed by atoms with Crippen molar-refractivity contribution < 1.29 is 19.1 Å². The molecule has 4 amide bonds. The van der Waals surface area contributed by atoms with E-state index in [0.29, 0.717) is 38.0 Å². The van der Waals surface area contributed by atoms with Gasteiger partial charge in [0.1, 0.15) is 11.8 Å². The second kappa shape index (κ2) is 19.1. The molecule has 0 aromatic heterocycles. The third-order valence-corrected chi connectivity index (χ3v) is 7.87. The lowest BCUT2D eigenvalue weighted by Crippen LogP contribution is -2.53. The van der Waals surface area contributed by atoms with Crippen LogP contribution in [0.25, 0.3) is 0 Å². The van der Waals surface area contributed by atoms with Crippen molar-refractivity contribution >= 4 is 17.8 Å². The van der Waals surface area contributed by atoms with Crippen LogP contribution in [0.2, 0.25) is 0 Å². The Labute approximate surface area is 270 Å². The van der Waals surface area contributed by atoms with E-state index in [1.54, 1.807) is 13.1 Å². The van der Waals surface area contributed by atoms with E-state index in [1.807, 2.05) is 88.4 Å². The van der Waals surface area contributed by atoms with Crippen molar-refractivity contribution in [3.05, 3.63) is 102 Å². The van der Waals surface area contributed by atoms with Gasteiger partial charge >= 0.3 is 6.03 Å². The van der Waals surface area contributed by atoms with E-state index in [1.165, 1.54) is 4.90 Å². The standard InChI is InChI=1S/C37H52N4O4/c1-9-12-17-26(4)22-32(40-34(42)25-45-35-27(5)18-16-19-28(35)6)29(7)23-31(24-30-20-14-13-15-21-30)39-36(43)33(10-2)41(8)37(44)38-11-3/h9,12-21,29,31-33H,1,4,10-11,22-25H2,2-3,5-8H3,(H,38,44)(H,39,43)(H,40,42)/b17-12-/t29-,31+,32-,33-/m0/s1. The summed E-state index contributed by atoms with van der Waals surface area (Å²) in [6.45, 7) is 18.0. The van der Waals surface area contributed by atoms with E-state index in [0.717, 1.165) is 22.3 Å². The van der Waals surface area contributed by atoms with Gasteiger partial charge in [0.05, 0.1) is 0 Å². The van der Waals surface area contributed by atoms with Crippen molar-refractivity contribution in [2.24, 2.45) is 5.92 Å². The van der Waals surface area contributed by atoms with Crippen LogP contribution in [0, 0.1) is 19.8 Å². The summed E-state index contributed by atoms with van der Waals surface area (Å²) in [7, 11) is 1.64. The summed E-state index contributed by atoms with van der Waals surface area (Å²) < 4.78 is 5.93. The van der Waals surface area contributed by atoms with Gasteiger partial charge in [-0.1, -0.05) is 99.3 Å². The van der Waals surface area contributed by atoms with Crippen LogP contribution in [-0.2, 0) is 16.0 Å². The first kappa shape index (κ1) is 36.9. The number of hydrogen-bond acceptors (Lipinski definition) is 4. The Morgan fingerprint density at radius 3 is 2.27 bits per heavy atom. The summed E-state index contributed by atoms with van der Waals surface area (Å²) >= 11 is 0. The smallest absolute Gasteiger partial charge is 0.317 e. The Morgan fingerprint density at radius 1 is 1.00 bits per heavy atom. The number of allylic oxidation sites excluding steroid dienone is 3. The Hall–Kier alpha value is -4.33. The quantitative estimate of drug-likeness (QED) is 0.178. The molecule has 0 heterocycles. The van der Waals surface area contributed by atoms with Gasteiger partial charge in [0, 0.05) is 25.7 Å². The Kier molecular flexibility index (Phi) is 15.7. The summed E-state index contributed by atoms with van der Waals surface area (Å²) in [6.07, 6.45) is 7.58. The number of amides is 4. The minimum Gasteiger partial charge on any atom is -0.483 e. The Balaban J connectivity index is 2.27. The first-order valence-corrected chi connectivity index (χ1v) is 15.8. The number of carbonyl (C=O) groups excluding carboxylic acids is 3. The molecule has 45 heavy (non-hydrogen) atoms. The molecule has 244 valence electrons. The number of carbonyl (C=O) groups is 3. The van der Waals surface area contributed by atoms with Crippen molar-refractivity contribution in [3.63, 3.8) is 0 Å². The van der Waals surface area contributed by atoms with Crippen molar-refractivity contribution in [2.75, 3.05) is 20.2 Å². The van der Waals surface area contributed by atoms with E-state index in [4.69, 9.17) is 4.74 Å². The van der Waals surface area contributed by atoms with E-state index in [-0.39, 0.29) is 42.5 Å². The zero-order valence-electron chi connectivity index (χ0n) is 27.9. The first-order chi connectivity index (χ1) is 21.5. The maximum atomic E-state index is 13.6. The number of benzene rings is 2. The Bertz CT molecular complexity index is 1290. The summed E-state index contributed by atoms with van der Waals surface area (Å²) in [5, 5.41) is 9.18. The molecular weight excluding hydrogens is 564 g/mol. The lowest BCUT2D eigenvalue weighted by atomic mass is 9.87. The van der Waals surface area contributed by atoms with E-state index in [2.05, 4.69) is 36.0 Å². The molecule has 0 aliphatic heterocycles. The monoisotopic (exact) mass is 616 g/mol. The van der Waals surface area contributed by atoms with Gasteiger partial charge in [0.25, 0.3) is 5.91 Å². The SMILES string of the molecule is C=C/C=C\C(=C)C[C@H](NC(=O)COc1c(C)cccc1C)[C@@H](C)C[C@H](Cc1ccccc1)NC(=O)[C@H](CC)N(C)C(=O)NCC. The molecule has 0 saturated heterocycles. The molecule has 0 unspecified atom stereocenters. The number of hydrogen-bond donors (Lipinski definition) is 3. The van der Waals surface area contributed by atoms with Crippen LogP contribution in [0.4, 0.5) is 4.79 Å². The summed E-state index contributed by atoms with van der Waals surface area (Å²) in [6, 6.07) is 14.4. The number of nitrogens with one attached hydrogen (secondary N) is 3. The molecule has 0 radical (unpaired) electrons. The largest absolute Gasteiger partial charge is 0.483 e. The van der Waals surface area contributed by atoms with Crippen molar-refractivity contribution in [1.82, 2.24) is 20.9 Å². The predicted molar refractivity (Wildman–Crippen MR) is 183 cm³/mol. The van der Waals surface area contributed by atoms with Gasteiger partial charge in [0.2, 0.25) is 5.91 Å². The molecule has 4 atom stereocenters. The van der Waals surface area contributed by atoms with E-state index < -0.39 is 6.04 Å². The summed E-state index contributed by atoms with van der Waals surface area (Å²) in [4.78, 5) is 40.8. The highest BCUT2D eigenvalue weighted by Gasteiger charge is 2.29. The van der Waals surface area contributed by atoms with Gasteiger partial charge in [-0.2, -0.15) is 0 Å². The third kappa shape index (κ3) is 12.3. The lowest BCUT2D eigenvalue weighted by Gasteiger charge is -2.32. The molecule has 0 spiro atoms. The maximum Gasteiger partial charge on any atom is 0.317 e. The lowest BCUT2D eigenvalue weighted by molar-refractivity contribution is -0.126. The average molecular weight is 617 g/mol. The highest BCUT2D eigenvalue weighted by Crippen LogP contribution is 2.23. The molecule has 0 bridgehead atoms. The van der Waals surface area contributed by atoms with Gasteiger partial charge in [-0.05, 0) is 69.1 Å². The molecule has 2 rings (SSSR count). The van der Waals surface area contributed by atoms with Crippen LogP contribution in [0.5, 0.6) is 5.75 Å². The predicted octanol–water partition coefficient (Wildman–Crippen LogP) is 6.05. The molecule has 8 nitrogen and oxygen atoms in total. The fourth-order valence-electron chi connectivity index (χ4n) is 5.42. The van der Waals surface area contributed by atoms with Gasteiger partial charge in [-0.15, -0.1) is 0 Å². The molecule has 2 aromatic carbocycles. The summed E-state index contributed by atoms with van der Waals surface area (Å²) in [5.41, 5.74) is 3.87. The van der Waals surface area contributed by atoms with Crippen LogP contribution >= 0.6 is 0 Å². The average Bonchev–Trinajstić information content (AvgIpc) is 3.00. The fraction of sp³-hybridized carbons (Fsp3) is 0.432. The number of aryl methyl sites for hydroxylation is 2. The number of ether oxygens (including phenoxy) is 1. The highest BCUT2D eigenvalue weighted by molar-refractivity contribution is 5.87. The van der Waals surface area contributed by atoms with Crippen molar-refractivity contribution in [2.45, 2.75) is 78.4 Å². The minimum absolute atomic E-state index is 0.0433. The number of likely N-dealkylation sites (N-methyl/N-ethyl adjacent to an activating group) is 1. The van der Waals surface area contributed by atoms with Crippen molar-refractivity contribution in [1.29, 1.82) is 0 Å². The van der Waals surface area contributed by atoms with Crippen LogP contribution in [0.3, 0.4) is 0 Å². The molecule has 0 aliphatic rings. The molecular formula is C37H52N4O4. The molecule has 0 fully saturated rings. The zero-order valence-corrected chi connectivity index (χ0v) is 27.9. The van der Waals surface area contributed by atoms with Gasteiger partial charge < -0.3 is 25.6 Å². The second-order valence-electron chi connectivity index (χ2n) is 11.6. The van der Waals surface area contributed by atoms with Crippen LogP contribution in [-0.4, -0.2) is 61.1 Å². The van der Waals surface area contributed by atoms with Gasteiger partial charge in [-0.25, -0.2) is 4.79 Å². The topological polar surface area (TPSA) is 99.8 Å². The molecule has 2 aromatic rings. The maximum absolute atomic E-state index is 13.6. The van der Waals surface area contributed by atoms with E-state index in [9.17, 15) is 14.4 Å². The van der Waals surface area contributed by atoms with Crippen LogP contribution < -0.4 is 20.7 Å². The van der Waals surface area contributed by atoms with E-state index >= 15 is 0 Å². The number of para-hydroxylation sites is 1. The molecule has 0 saturated carbocycles. The third-order valence-electron chi connectivity index (χ3n) is 7.87. The van der Waals surface area contributed by atoms with Crippen LogP contribution in [0.1, 0.15) is 56.7 Å². The fourth-order valence-corrected chi connectivity index (χ4v) is 5.42. The molecule has 3 N–H and O–H groups in total. The van der Waals surface area contributed by atoms with Crippen LogP contribution in [0.15, 0.2) is 85.5 Å². The van der Waals surface area contributed by atoms with Gasteiger partial charge in [-0.3, -0.25) is 9.59 Å². The number of nitrogens with zero attached hydrogens (tertiary/aromatic N) is 1. The molecule has 0 aliphatic carbocycles. The number of urea groups is 1. The molecule has 8 heteroatoms. The minimum atomic E-state index is -0.619. The highest BCUT2D eigenvalue weighted by atomic mass is 16.5. The zero-order chi connectivity index (χ0) is 33.4. The Morgan fingerprint density at radius 2 is 1.67 bits per heavy atom. The number of rotatable bonds is 18. The second-order valence-corrected chi connectivity index (χ2v) is 11.6. The van der Waals surface area contributed by atoms with Crippen molar-refractivity contribution in [3.8, 4) is 5.75 Å².